The maximum absolute atomic E-state index is 13.3. The number of ether oxygens (including phenoxy) is 2. The minimum Gasteiger partial charge on any atom is -0.491 e. The zero-order chi connectivity index (χ0) is 20.9. The monoisotopic (exact) mass is 404 g/mol. The van der Waals surface area contributed by atoms with Gasteiger partial charge in [0.25, 0.3) is 0 Å². The molecular weight excluding hydrogens is 385 g/mol. The van der Waals surface area contributed by atoms with Crippen molar-refractivity contribution in [2.24, 2.45) is 0 Å². The highest BCUT2D eigenvalue weighted by atomic mass is 19.4. The van der Waals surface area contributed by atoms with Crippen LogP contribution in [0.4, 0.5) is 24.7 Å². The number of rotatable bonds is 7. The van der Waals surface area contributed by atoms with E-state index in [-0.39, 0.29) is 11.6 Å². The Hall–Kier alpha value is -3.20. The lowest BCUT2D eigenvalue weighted by molar-refractivity contribution is -0.141. The summed E-state index contributed by atoms with van der Waals surface area (Å²) in [5.41, 5.74) is 0.806. The third-order valence-electron chi connectivity index (χ3n) is 3.97. The van der Waals surface area contributed by atoms with Gasteiger partial charge in [0.05, 0.1) is 6.61 Å². The maximum atomic E-state index is 13.3. The van der Waals surface area contributed by atoms with E-state index in [1.165, 1.54) is 12.4 Å². The lowest BCUT2D eigenvalue weighted by Gasteiger charge is -2.14. The highest BCUT2D eigenvalue weighted by Crippen LogP contribution is 2.32. The predicted octanol–water partition coefficient (Wildman–Crippen LogP) is 4.63. The van der Waals surface area contributed by atoms with E-state index in [9.17, 15) is 13.2 Å². The summed E-state index contributed by atoms with van der Waals surface area (Å²) in [6, 6.07) is 9.22. The highest BCUT2D eigenvalue weighted by Gasteiger charge is 2.34. The van der Waals surface area contributed by atoms with Gasteiger partial charge in [-0.25, -0.2) is 9.97 Å². The summed E-state index contributed by atoms with van der Waals surface area (Å²) in [7, 11) is 1.58. The second-order valence-electron chi connectivity index (χ2n) is 6.14. The van der Waals surface area contributed by atoms with Gasteiger partial charge in [-0.3, -0.25) is 4.98 Å². The summed E-state index contributed by atoms with van der Waals surface area (Å²) in [6.07, 6.45) is -1.66. The van der Waals surface area contributed by atoms with Crippen molar-refractivity contribution < 1.29 is 22.6 Å². The molecule has 6 nitrogen and oxygen atoms in total. The number of benzene rings is 1. The molecule has 0 atom stereocenters. The number of nitrogens with zero attached hydrogens (tertiary/aromatic N) is 3. The Morgan fingerprint density at radius 3 is 2.41 bits per heavy atom. The smallest absolute Gasteiger partial charge is 0.433 e. The molecule has 0 aliphatic heterocycles. The van der Waals surface area contributed by atoms with Crippen molar-refractivity contribution in [2.75, 3.05) is 25.6 Å². The van der Waals surface area contributed by atoms with E-state index in [0.29, 0.717) is 30.2 Å². The topological polar surface area (TPSA) is 69.2 Å². The van der Waals surface area contributed by atoms with E-state index in [1.807, 2.05) is 6.92 Å². The van der Waals surface area contributed by atoms with Crippen LogP contribution >= 0.6 is 0 Å². The Kier molecular flexibility index (Phi) is 6.28. The van der Waals surface area contributed by atoms with Gasteiger partial charge in [0.2, 0.25) is 0 Å². The second-order valence-corrected chi connectivity index (χ2v) is 6.14. The average molecular weight is 404 g/mol. The third kappa shape index (κ3) is 5.41. The SMILES string of the molecule is COCCOc1ccc(Nc2cc(C(F)(F)F)nc(-c3ccncc3)n2)c(C)c1. The fourth-order valence-corrected chi connectivity index (χ4v) is 2.53. The van der Waals surface area contributed by atoms with Crippen molar-refractivity contribution in [3.63, 3.8) is 0 Å². The quantitative estimate of drug-likeness (QED) is 0.579. The first-order chi connectivity index (χ1) is 13.9. The Morgan fingerprint density at radius 2 is 1.76 bits per heavy atom. The number of hydrogen-bond acceptors (Lipinski definition) is 6. The summed E-state index contributed by atoms with van der Waals surface area (Å²) in [4.78, 5) is 11.8. The minimum absolute atomic E-state index is 0.0373. The van der Waals surface area contributed by atoms with E-state index in [0.717, 1.165) is 11.6 Å². The van der Waals surface area contributed by atoms with Gasteiger partial charge in [0.15, 0.2) is 11.5 Å². The molecule has 0 bridgehead atoms. The number of aromatic nitrogens is 3. The van der Waals surface area contributed by atoms with Crippen LogP contribution in [-0.2, 0) is 10.9 Å². The molecule has 0 unspecified atom stereocenters. The fourth-order valence-electron chi connectivity index (χ4n) is 2.53. The van der Waals surface area contributed by atoms with Crippen molar-refractivity contribution in [3.8, 4) is 17.1 Å². The maximum Gasteiger partial charge on any atom is 0.433 e. The molecule has 2 aromatic heterocycles. The predicted molar refractivity (Wildman–Crippen MR) is 102 cm³/mol. The summed E-state index contributed by atoms with van der Waals surface area (Å²) in [5.74, 6) is 0.637. The third-order valence-corrected chi connectivity index (χ3v) is 3.97. The van der Waals surface area contributed by atoms with Crippen LogP contribution in [0, 0.1) is 6.92 Å². The van der Waals surface area contributed by atoms with Gasteiger partial charge in [-0.15, -0.1) is 0 Å². The first kappa shape index (κ1) is 20.5. The molecule has 3 aromatic rings. The number of hydrogen-bond donors (Lipinski definition) is 1. The Morgan fingerprint density at radius 1 is 1.00 bits per heavy atom. The lowest BCUT2D eigenvalue weighted by atomic mass is 10.2. The van der Waals surface area contributed by atoms with Crippen LogP contribution in [0.2, 0.25) is 0 Å². The van der Waals surface area contributed by atoms with Crippen LogP contribution < -0.4 is 10.1 Å². The normalized spacial score (nSPS) is 11.3. The van der Waals surface area contributed by atoms with E-state index in [4.69, 9.17) is 9.47 Å². The molecule has 0 radical (unpaired) electrons. The first-order valence-corrected chi connectivity index (χ1v) is 8.73. The first-order valence-electron chi connectivity index (χ1n) is 8.73. The molecule has 1 N–H and O–H groups in total. The minimum atomic E-state index is -4.60. The van der Waals surface area contributed by atoms with Crippen LogP contribution in [0.3, 0.4) is 0 Å². The zero-order valence-electron chi connectivity index (χ0n) is 15.8. The van der Waals surface area contributed by atoms with Crippen LogP contribution in [0.25, 0.3) is 11.4 Å². The summed E-state index contributed by atoms with van der Waals surface area (Å²) in [6.45, 7) is 2.68. The van der Waals surface area contributed by atoms with E-state index in [2.05, 4.69) is 20.3 Å². The number of anilines is 2. The molecule has 3 rings (SSSR count). The van der Waals surface area contributed by atoms with Crippen molar-refractivity contribution in [2.45, 2.75) is 13.1 Å². The second kappa shape index (κ2) is 8.87. The van der Waals surface area contributed by atoms with Gasteiger partial charge in [-0.05, 0) is 42.8 Å². The Balaban J connectivity index is 1.90. The van der Waals surface area contributed by atoms with Gasteiger partial charge >= 0.3 is 6.18 Å². The summed E-state index contributed by atoms with van der Waals surface area (Å²) >= 11 is 0. The largest absolute Gasteiger partial charge is 0.491 e. The van der Waals surface area contributed by atoms with Crippen molar-refractivity contribution in [1.29, 1.82) is 0 Å². The fraction of sp³-hybridized carbons (Fsp3) is 0.250. The van der Waals surface area contributed by atoms with Gasteiger partial charge in [-0.2, -0.15) is 13.2 Å². The van der Waals surface area contributed by atoms with Crippen molar-refractivity contribution in [1.82, 2.24) is 15.0 Å². The highest BCUT2D eigenvalue weighted by molar-refractivity contribution is 5.64. The number of aryl methyl sites for hydroxylation is 1. The number of nitrogens with one attached hydrogen (secondary N) is 1. The van der Waals surface area contributed by atoms with Crippen LogP contribution in [-0.4, -0.2) is 35.3 Å². The zero-order valence-corrected chi connectivity index (χ0v) is 15.8. The molecule has 0 saturated heterocycles. The van der Waals surface area contributed by atoms with Gasteiger partial charge in [0, 0.05) is 36.8 Å². The molecule has 2 heterocycles. The average Bonchev–Trinajstić information content (AvgIpc) is 2.70. The van der Waals surface area contributed by atoms with Crippen LogP contribution in [0.1, 0.15) is 11.3 Å². The molecule has 0 aliphatic rings. The standard InChI is InChI=1S/C20H19F3N4O2/c1-13-11-15(29-10-9-28-2)3-4-16(13)25-18-12-17(20(21,22)23)26-19(27-18)14-5-7-24-8-6-14/h3-8,11-12H,9-10H2,1-2H3,(H,25,26,27). The number of methoxy groups -OCH3 is 1. The number of halogens is 3. The Bertz CT molecular complexity index is 966. The van der Waals surface area contributed by atoms with Gasteiger partial charge in [0.1, 0.15) is 18.2 Å². The molecule has 0 saturated carbocycles. The molecule has 0 spiro atoms. The van der Waals surface area contributed by atoms with E-state index in [1.54, 1.807) is 37.4 Å². The molecule has 0 aliphatic carbocycles. The van der Waals surface area contributed by atoms with E-state index >= 15 is 0 Å². The number of alkyl halides is 3. The molecular formula is C20H19F3N4O2. The molecule has 152 valence electrons. The number of pyridine rings is 1. The Labute approximate surface area is 165 Å². The summed E-state index contributed by atoms with van der Waals surface area (Å²) in [5, 5.41) is 2.94. The molecule has 0 amide bonds. The van der Waals surface area contributed by atoms with Gasteiger partial charge in [-0.1, -0.05) is 0 Å². The summed E-state index contributed by atoms with van der Waals surface area (Å²) < 4.78 is 50.5. The van der Waals surface area contributed by atoms with Crippen molar-refractivity contribution >= 4 is 11.5 Å². The van der Waals surface area contributed by atoms with Gasteiger partial charge < -0.3 is 14.8 Å². The van der Waals surface area contributed by atoms with Crippen LogP contribution in [0.5, 0.6) is 5.75 Å². The molecule has 0 fully saturated rings. The van der Waals surface area contributed by atoms with E-state index < -0.39 is 11.9 Å². The van der Waals surface area contributed by atoms with Crippen LogP contribution in [0.15, 0.2) is 48.8 Å². The molecule has 9 heteroatoms. The van der Waals surface area contributed by atoms with Crippen molar-refractivity contribution in [3.05, 3.63) is 60.0 Å². The lowest BCUT2D eigenvalue weighted by Crippen LogP contribution is -2.11. The molecule has 1 aromatic carbocycles. The molecule has 29 heavy (non-hydrogen) atoms.